The monoisotopic (exact) mass is 377 g/mol. The fraction of sp³-hybridized carbons (Fsp3) is 0.118. The van der Waals surface area contributed by atoms with Gasteiger partial charge in [0.2, 0.25) is 5.91 Å². The summed E-state index contributed by atoms with van der Waals surface area (Å²) in [5.74, 6) is -4.04. The van der Waals surface area contributed by atoms with Crippen LogP contribution in [0.5, 0.6) is 0 Å². The average molecular weight is 377 g/mol. The van der Waals surface area contributed by atoms with E-state index >= 15 is 0 Å². The van der Waals surface area contributed by atoms with Crippen LogP contribution < -0.4 is 5.32 Å². The zero-order valence-corrected chi connectivity index (χ0v) is 13.4. The third kappa shape index (κ3) is 4.66. The smallest absolute Gasteiger partial charge is 0.325 e. The number of ketones is 1. The van der Waals surface area contributed by atoms with E-state index in [1.54, 1.807) is 0 Å². The van der Waals surface area contributed by atoms with Crippen molar-refractivity contribution < 1.29 is 27.7 Å². The molecule has 0 aliphatic heterocycles. The number of nitriles is 1. The van der Waals surface area contributed by atoms with Gasteiger partial charge in [0, 0.05) is 23.4 Å². The molecule has 27 heavy (non-hydrogen) atoms. The van der Waals surface area contributed by atoms with Crippen molar-refractivity contribution in [3.63, 3.8) is 0 Å². The van der Waals surface area contributed by atoms with Gasteiger partial charge in [-0.25, -0.2) is 0 Å². The number of amides is 1. The molecule has 0 radical (unpaired) electrons. The molecule has 0 saturated heterocycles. The van der Waals surface area contributed by atoms with Crippen molar-refractivity contribution >= 4 is 23.1 Å². The van der Waals surface area contributed by atoms with Gasteiger partial charge < -0.3 is 5.32 Å². The van der Waals surface area contributed by atoms with E-state index in [4.69, 9.17) is 5.26 Å². The van der Waals surface area contributed by atoms with Gasteiger partial charge in [-0.3, -0.25) is 19.7 Å². The highest BCUT2D eigenvalue weighted by Crippen LogP contribution is 2.30. The first kappa shape index (κ1) is 19.6. The van der Waals surface area contributed by atoms with E-state index in [2.05, 4.69) is 5.32 Å². The third-order valence-corrected chi connectivity index (χ3v) is 3.47. The van der Waals surface area contributed by atoms with Crippen LogP contribution in [0, 0.1) is 27.4 Å². The van der Waals surface area contributed by atoms with Crippen molar-refractivity contribution in [1.82, 2.24) is 0 Å². The van der Waals surface area contributed by atoms with Crippen molar-refractivity contribution in [1.29, 1.82) is 5.26 Å². The minimum absolute atomic E-state index is 0.0858. The van der Waals surface area contributed by atoms with E-state index < -0.39 is 39.8 Å². The molecule has 1 atom stereocenters. The van der Waals surface area contributed by atoms with E-state index in [1.165, 1.54) is 18.2 Å². The van der Waals surface area contributed by atoms with Gasteiger partial charge in [-0.15, -0.1) is 0 Å². The molecule has 1 amide bonds. The van der Waals surface area contributed by atoms with E-state index in [0.29, 0.717) is 6.07 Å². The molecule has 10 heteroatoms. The Hall–Kier alpha value is -3.74. The molecule has 0 bridgehead atoms. The Morgan fingerprint density at radius 1 is 1.15 bits per heavy atom. The van der Waals surface area contributed by atoms with Gasteiger partial charge in [-0.1, -0.05) is 12.1 Å². The Morgan fingerprint density at radius 3 is 2.30 bits per heavy atom. The van der Waals surface area contributed by atoms with Crippen molar-refractivity contribution in [2.75, 3.05) is 5.32 Å². The summed E-state index contributed by atoms with van der Waals surface area (Å²) in [5, 5.41) is 21.9. The number of anilines is 1. The zero-order chi connectivity index (χ0) is 20.2. The Kier molecular flexibility index (Phi) is 5.55. The van der Waals surface area contributed by atoms with Crippen LogP contribution in [0.15, 0.2) is 48.5 Å². The Balaban J connectivity index is 2.20. The number of rotatable bonds is 5. The lowest BCUT2D eigenvalue weighted by molar-refractivity contribution is -0.384. The highest BCUT2D eigenvalue weighted by atomic mass is 19.4. The first-order valence-corrected chi connectivity index (χ1v) is 7.30. The predicted octanol–water partition coefficient (Wildman–Crippen LogP) is 3.57. The molecule has 0 aromatic heterocycles. The number of nitro benzene ring substituents is 1. The highest BCUT2D eigenvalue weighted by molar-refractivity contribution is 6.15. The lowest BCUT2D eigenvalue weighted by atomic mass is 9.96. The van der Waals surface area contributed by atoms with Gasteiger partial charge in [0.15, 0.2) is 11.7 Å². The first-order valence-electron chi connectivity index (χ1n) is 7.30. The summed E-state index contributed by atoms with van der Waals surface area (Å²) in [4.78, 5) is 34.4. The Labute approximate surface area is 150 Å². The van der Waals surface area contributed by atoms with Gasteiger partial charge in [0.25, 0.3) is 5.69 Å². The lowest BCUT2D eigenvalue weighted by Gasteiger charge is -2.11. The normalized spacial score (nSPS) is 11.9. The number of alkyl halides is 3. The van der Waals surface area contributed by atoms with E-state index in [-0.39, 0.29) is 11.4 Å². The van der Waals surface area contributed by atoms with Crippen LogP contribution in [0.4, 0.5) is 24.5 Å². The number of nitrogens with one attached hydrogen (secondary N) is 1. The molecule has 0 spiro atoms. The van der Waals surface area contributed by atoms with E-state index in [0.717, 1.165) is 30.3 Å². The molecule has 1 unspecified atom stereocenters. The van der Waals surface area contributed by atoms with Crippen LogP contribution in [-0.2, 0) is 11.0 Å². The number of nitrogens with zero attached hydrogens (tertiary/aromatic N) is 2. The second kappa shape index (κ2) is 7.65. The number of hydrogen-bond acceptors (Lipinski definition) is 5. The summed E-state index contributed by atoms with van der Waals surface area (Å²) in [5.41, 5.74) is -1.66. The summed E-state index contributed by atoms with van der Waals surface area (Å²) in [6.45, 7) is 0. The summed E-state index contributed by atoms with van der Waals surface area (Å²) >= 11 is 0. The van der Waals surface area contributed by atoms with Gasteiger partial charge in [-0.2, -0.15) is 18.4 Å². The van der Waals surface area contributed by atoms with Crippen LogP contribution in [0.1, 0.15) is 15.9 Å². The molecular weight excluding hydrogens is 367 g/mol. The maximum atomic E-state index is 12.7. The quantitative estimate of drug-likeness (QED) is 0.370. The van der Waals surface area contributed by atoms with Crippen molar-refractivity contribution in [2.24, 2.45) is 5.92 Å². The third-order valence-electron chi connectivity index (χ3n) is 3.47. The number of halogens is 3. The molecule has 2 aromatic rings. The first-order chi connectivity index (χ1) is 12.6. The van der Waals surface area contributed by atoms with Crippen LogP contribution >= 0.6 is 0 Å². The summed E-state index contributed by atoms with van der Waals surface area (Å²) in [7, 11) is 0. The van der Waals surface area contributed by atoms with E-state index in [1.807, 2.05) is 0 Å². The molecule has 2 aromatic carbocycles. The average Bonchev–Trinajstić information content (AvgIpc) is 2.62. The maximum Gasteiger partial charge on any atom is 0.416 e. The van der Waals surface area contributed by atoms with Gasteiger partial charge in [0.1, 0.15) is 0 Å². The molecule has 0 aliphatic carbocycles. The SMILES string of the molecule is N#CC(C(=O)Nc1ccc([N+](=O)[O-])cc1)C(=O)c1cccc(C(F)(F)F)c1. The predicted molar refractivity (Wildman–Crippen MR) is 86.6 cm³/mol. The number of non-ortho nitro benzene ring substituents is 1. The van der Waals surface area contributed by atoms with Gasteiger partial charge >= 0.3 is 6.18 Å². The molecule has 0 heterocycles. The standard InChI is InChI=1S/C17H10F3N3O4/c18-17(19,20)11-3-1-2-10(8-11)15(24)14(9-21)16(25)22-12-4-6-13(7-5-12)23(26)27/h1-8,14H,(H,22,25). The Bertz CT molecular complexity index is 934. The van der Waals surface area contributed by atoms with Gasteiger partial charge in [0.05, 0.1) is 16.6 Å². The molecule has 7 nitrogen and oxygen atoms in total. The van der Waals surface area contributed by atoms with Crippen LogP contribution in [0.3, 0.4) is 0 Å². The topological polar surface area (TPSA) is 113 Å². The number of benzene rings is 2. The number of carbonyl (C=O) groups is 2. The van der Waals surface area contributed by atoms with E-state index in [9.17, 15) is 32.9 Å². The number of hydrogen-bond donors (Lipinski definition) is 1. The second-order valence-electron chi connectivity index (χ2n) is 5.30. The fourth-order valence-corrected chi connectivity index (χ4v) is 2.13. The molecule has 0 fully saturated rings. The van der Waals surface area contributed by atoms with Crippen molar-refractivity contribution in [3.8, 4) is 6.07 Å². The van der Waals surface area contributed by atoms with Gasteiger partial charge in [-0.05, 0) is 24.3 Å². The largest absolute Gasteiger partial charge is 0.416 e. The molecule has 0 aliphatic rings. The van der Waals surface area contributed by atoms with Crippen LogP contribution in [-0.4, -0.2) is 16.6 Å². The zero-order valence-electron chi connectivity index (χ0n) is 13.4. The fourth-order valence-electron chi connectivity index (χ4n) is 2.13. The Morgan fingerprint density at radius 2 is 1.78 bits per heavy atom. The highest BCUT2D eigenvalue weighted by Gasteiger charge is 2.33. The minimum atomic E-state index is -4.68. The minimum Gasteiger partial charge on any atom is -0.325 e. The number of carbonyl (C=O) groups excluding carboxylic acids is 2. The summed E-state index contributed by atoms with van der Waals surface area (Å²) in [6.07, 6.45) is -4.68. The second-order valence-corrected chi connectivity index (χ2v) is 5.30. The molecule has 1 N–H and O–H groups in total. The summed E-state index contributed by atoms with van der Waals surface area (Å²) < 4.78 is 38.2. The maximum absolute atomic E-state index is 12.7. The van der Waals surface area contributed by atoms with Crippen LogP contribution in [0.25, 0.3) is 0 Å². The molecule has 0 saturated carbocycles. The number of nitro groups is 1. The number of Topliss-reactive ketones (excluding diaryl/α,β-unsaturated/α-hetero) is 1. The summed E-state index contributed by atoms with van der Waals surface area (Å²) in [6, 6.07) is 9.44. The molecule has 138 valence electrons. The molecular formula is C17H10F3N3O4. The van der Waals surface area contributed by atoms with Crippen molar-refractivity contribution in [3.05, 3.63) is 69.8 Å². The van der Waals surface area contributed by atoms with Crippen molar-refractivity contribution in [2.45, 2.75) is 6.18 Å². The molecule has 2 rings (SSSR count). The van der Waals surface area contributed by atoms with Crippen LogP contribution in [0.2, 0.25) is 0 Å². The lowest BCUT2D eigenvalue weighted by Crippen LogP contribution is -2.28.